The van der Waals surface area contributed by atoms with Gasteiger partial charge in [-0.05, 0) is 53.3 Å². The maximum atomic E-state index is 4.56. The van der Waals surface area contributed by atoms with E-state index in [0.29, 0.717) is 0 Å². The summed E-state index contributed by atoms with van der Waals surface area (Å²) in [7, 11) is 0. The monoisotopic (exact) mass is 402 g/mol. The van der Waals surface area contributed by atoms with Crippen molar-refractivity contribution in [2.24, 2.45) is 0 Å². The van der Waals surface area contributed by atoms with Gasteiger partial charge in [-0.2, -0.15) is 5.46 Å². The van der Waals surface area contributed by atoms with Gasteiger partial charge in [0.05, 0.1) is 0 Å². The fraction of sp³-hybridized carbons (Fsp3) is 0.207. The number of benzene rings is 3. The van der Waals surface area contributed by atoms with Crippen molar-refractivity contribution in [3.05, 3.63) is 106 Å². The summed E-state index contributed by atoms with van der Waals surface area (Å²) in [5.74, 6) is 0. The van der Waals surface area contributed by atoms with E-state index in [1.54, 1.807) is 0 Å². The molecule has 0 aliphatic carbocycles. The summed E-state index contributed by atoms with van der Waals surface area (Å²) in [5, 5.41) is 0. The Morgan fingerprint density at radius 1 is 0.677 bits per heavy atom. The quantitative estimate of drug-likeness (QED) is 0.349. The Hall–Kier alpha value is -3.13. The van der Waals surface area contributed by atoms with E-state index in [2.05, 4.69) is 95.1 Å². The number of aromatic nitrogens is 1. The van der Waals surface area contributed by atoms with Crippen LogP contribution in [0.4, 0.5) is 0 Å². The van der Waals surface area contributed by atoms with Crippen LogP contribution in [0.1, 0.15) is 33.4 Å². The van der Waals surface area contributed by atoms with E-state index in [-0.39, 0.29) is 6.71 Å². The number of aryl methyl sites for hydroxylation is 6. The van der Waals surface area contributed by atoms with Crippen molar-refractivity contribution in [2.75, 3.05) is 0 Å². The fourth-order valence-electron chi connectivity index (χ4n) is 5.10. The molecule has 1 nitrogen and oxygen atoms in total. The van der Waals surface area contributed by atoms with Gasteiger partial charge in [0.25, 0.3) is 0 Å². The van der Waals surface area contributed by atoms with Crippen LogP contribution < -0.4 is 16.4 Å². The smallest absolute Gasteiger partial charge is 0.224 e. The van der Waals surface area contributed by atoms with Crippen LogP contribution >= 0.6 is 0 Å². The van der Waals surface area contributed by atoms with Crippen molar-refractivity contribution in [3.63, 3.8) is 0 Å². The van der Waals surface area contributed by atoms with Gasteiger partial charge in [-0.3, -0.25) is 0 Å². The second-order valence-corrected chi connectivity index (χ2v) is 8.81. The number of rotatable bonds is 4. The summed E-state index contributed by atoms with van der Waals surface area (Å²) in [5.41, 5.74) is 14.1. The molecule has 4 rings (SSSR count). The highest BCUT2D eigenvalue weighted by molar-refractivity contribution is 6.96. The highest BCUT2D eigenvalue weighted by Gasteiger charge is 2.26. The molecule has 0 unspecified atom stereocenters. The van der Waals surface area contributed by atoms with Gasteiger partial charge >= 0.3 is 0 Å². The number of nitrogens with zero attached hydrogens (tertiary/aromatic N) is 1. The molecule has 0 atom stereocenters. The van der Waals surface area contributed by atoms with Gasteiger partial charge in [0.15, 0.2) is 0 Å². The molecule has 31 heavy (non-hydrogen) atoms. The molecule has 2 heteroatoms. The Labute approximate surface area is 187 Å². The summed E-state index contributed by atoms with van der Waals surface area (Å²) >= 11 is 0. The van der Waals surface area contributed by atoms with Crippen molar-refractivity contribution in [1.29, 1.82) is 0 Å². The molecule has 0 N–H and O–H groups in total. The first-order valence-electron chi connectivity index (χ1n) is 10.9. The Morgan fingerprint density at radius 3 is 1.71 bits per heavy atom. The molecule has 0 aliphatic rings. The Kier molecular flexibility index (Phi) is 5.82. The normalized spacial score (nSPS) is 10.9. The van der Waals surface area contributed by atoms with Gasteiger partial charge in [-0.25, -0.2) is 0 Å². The molecule has 0 saturated carbocycles. The highest BCUT2D eigenvalue weighted by atomic mass is 14.7. The minimum absolute atomic E-state index is 0.165. The molecule has 4 aromatic rings. The molecular weight excluding hydrogens is 373 g/mol. The molecule has 0 fully saturated rings. The number of pyridine rings is 1. The second-order valence-electron chi connectivity index (χ2n) is 8.81. The lowest BCUT2D eigenvalue weighted by Crippen LogP contribution is -2.55. The molecular formula is C29H29BN-. The van der Waals surface area contributed by atoms with Crippen LogP contribution in [0.15, 0.2) is 66.9 Å². The SMILES string of the molecule is Cc1cc(C)c(B(c2cc[c-]c(-c3ccccn3)c2)c2c(C)cc(C)cc2C)c(C)c1. The van der Waals surface area contributed by atoms with E-state index in [1.165, 1.54) is 49.8 Å². The van der Waals surface area contributed by atoms with Crippen molar-refractivity contribution in [3.8, 4) is 11.3 Å². The van der Waals surface area contributed by atoms with Crippen LogP contribution in [0.5, 0.6) is 0 Å². The molecule has 0 radical (unpaired) electrons. The van der Waals surface area contributed by atoms with Gasteiger partial charge in [0.1, 0.15) is 0 Å². The minimum Gasteiger partial charge on any atom is -0.305 e. The van der Waals surface area contributed by atoms with Gasteiger partial charge < -0.3 is 4.98 Å². The van der Waals surface area contributed by atoms with E-state index in [4.69, 9.17) is 0 Å². The topological polar surface area (TPSA) is 12.9 Å². The Bertz CT molecular complexity index is 1140. The van der Waals surface area contributed by atoms with Gasteiger partial charge in [-0.15, -0.1) is 29.8 Å². The first-order valence-corrected chi connectivity index (χ1v) is 10.9. The van der Waals surface area contributed by atoms with Crippen molar-refractivity contribution in [2.45, 2.75) is 41.5 Å². The first-order chi connectivity index (χ1) is 14.8. The van der Waals surface area contributed by atoms with E-state index in [9.17, 15) is 0 Å². The third-order valence-electron chi connectivity index (χ3n) is 6.15. The molecule has 0 amide bonds. The molecule has 0 bridgehead atoms. The highest BCUT2D eigenvalue weighted by Crippen LogP contribution is 2.17. The van der Waals surface area contributed by atoms with Crippen molar-refractivity contribution < 1.29 is 0 Å². The Balaban J connectivity index is 2.00. The zero-order chi connectivity index (χ0) is 22.1. The standard InChI is InChI=1S/C29H29BN/c1-19-14-21(3)28(22(4)15-19)30(29-23(5)16-20(2)17-24(29)6)26-11-9-10-25(18-26)27-12-7-8-13-31-27/h7-9,11-18H,1-6H3/q-1. The molecule has 3 aromatic carbocycles. The van der Waals surface area contributed by atoms with Crippen LogP contribution in [0.2, 0.25) is 0 Å². The predicted molar refractivity (Wildman–Crippen MR) is 134 cm³/mol. The minimum atomic E-state index is 0.165. The average molecular weight is 402 g/mol. The maximum absolute atomic E-state index is 4.56. The average Bonchev–Trinajstić information content (AvgIpc) is 2.72. The lowest BCUT2D eigenvalue weighted by molar-refractivity contribution is 1.32. The first kappa shape index (κ1) is 21.1. The molecule has 0 aliphatic heterocycles. The third-order valence-corrected chi connectivity index (χ3v) is 6.15. The van der Waals surface area contributed by atoms with Gasteiger partial charge in [0, 0.05) is 6.20 Å². The van der Waals surface area contributed by atoms with E-state index >= 15 is 0 Å². The van der Waals surface area contributed by atoms with Crippen LogP contribution in [0, 0.1) is 47.6 Å². The van der Waals surface area contributed by atoms with E-state index < -0.39 is 0 Å². The predicted octanol–water partition coefficient (Wildman–Crippen LogP) is 4.92. The molecule has 154 valence electrons. The lowest BCUT2D eigenvalue weighted by Gasteiger charge is -2.27. The zero-order valence-electron chi connectivity index (χ0n) is 19.4. The van der Waals surface area contributed by atoms with Crippen LogP contribution in [0.3, 0.4) is 0 Å². The van der Waals surface area contributed by atoms with E-state index in [0.717, 1.165) is 11.3 Å². The lowest BCUT2D eigenvalue weighted by atomic mass is 9.34. The van der Waals surface area contributed by atoms with Crippen LogP contribution in [0.25, 0.3) is 11.3 Å². The van der Waals surface area contributed by atoms with Crippen molar-refractivity contribution in [1.82, 2.24) is 4.98 Å². The summed E-state index contributed by atoms with van der Waals surface area (Å²) in [4.78, 5) is 4.56. The summed E-state index contributed by atoms with van der Waals surface area (Å²) in [6.07, 6.45) is 1.84. The summed E-state index contributed by atoms with van der Waals surface area (Å²) in [6, 6.07) is 25.2. The molecule has 1 aromatic heterocycles. The molecule has 0 spiro atoms. The third kappa shape index (κ3) is 4.21. The zero-order valence-corrected chi connectivity index (χ0v) is 19.4. The van der Waals surface area contributed by atoms with Crippen LogP contribution in [-0.2, 0) is 0 Å². The Morgan fingerprint density at radius 2 is 1.23 bits per heavy atom. The van der Waals surface area contributed by atoms with Crippen LogP contribution in [-0.4, -0.2) is 11.7 Å². The maximum Gasteiger partial charge on any atom is 0.224 e. The van der Waals surface area contributed by atoms with Gasteiger partial charge in [0.2, 0.25) is 6.71 Å². The molecule has 1 heterocycles. The fourth-order valence-corrected chi connectivity index (χ4v) is 5.10. The van der Waals surface area contributed by atoms with Gasteiger partial charge in [-0.1, -0.05) is 80.7 Å². The number of hydrogen-bond donors (Lipinski definition) is 0. The van der Waals surface area contributed by atoms with Crippen molar-refractivity contribution >= 4 is 23.1 Å². The second kappa shape index (κ2) is 8.55. The molecule has 0 saturated heterocycles. The summed E-state index contributed by atoms with van der Waals surface area (Å²) in [6.45, 7) is 13.5. The van der Waals surface area contributed by atoms with E-state index in [1.807, 2.05) is 24.4 Å². The number of hydrogen-bond acceptors (Lipinski definition) is 1. The summed E-state index contributed by atoms with van der Waals surface area (Å²) < 4.78 is 0. The largest absolute Gasteiger partial charge is 0.305 e.